The van der Waals surface area contributed by atoms with Crippen molar-refractivity contribution >= 4 is 63.0 Å². The maximum Gasteiger partial charge on any atom is 0.165 e. The van der Waals surface area contributed by atoms with Gasteiger partial charge in [0, 0.05) is 57.0 Å². The second kappa shape index (κ2) is 11.8. The summed E-state index contributed by atoms with van der Waals surface area (Å²) in [4.78, 5) is 15.8. The fourth-order valence-corrected chi connectivity index (χ4v) is 9.32. The minimum Gasteiger partial charge on any atom is -0.208 e. The Morgan fingerprint density at radius 1 is 0.320 bits per heavy atom. The predicted molar refractivity (Wildman–Crippen MR) is 213 cm³/mol. The normalized spacial score (nSPS) is 11.6. The molecule has 3 aromatic heterocycles. The van der Waals surface area contributed by atoms with E-state index in [1.165, 1.54) is 51.5 Å². The molecule has 3 nitrogen and oxygen atoms in total. The van der Waals surface area contributed by atoms with Gasteiger partial charge in [-0.2, -0.15) is 0 Å². The molecule has 0 N–H and O–H groups in total. The molecule has 0 saturated heterocycles. The number of benzene rings is 7. The quantitative estimate of drug-likeness (QED) is 0.182. The van der Waals surface area contributed by atoms with Crippen LogP contribution < -0.4 is 0 Å². The average Bonchev–Trinajstić information content (AvgIpc) is 3.77. The standard InChI is InChI=1S/C45H27N3S2/c1-2-12-28(13-3-1)29-14-8-15-30(26-29)31-16-9-17-32(27-31)43-46-44(36-21-11-25-40-41(36)35-19-5-7-24-39(35)49-40)48-45(47-43)37-22-10-20-34-33-18-4-6-23-38(33)50-42(34)37/h1-27H. The van der Waals surface area contributed by atoms with E-state index >= 15 is 0 Å². The van der Waals surface area contributed by atoms with Gasteiger partial charge in [-0.05, 0) is 58.7 Å². The molecule has 0 radical (unpaired) electrons. The van der Waals surface area contributed by atoms with Gasteiger partial charge >= 0.3 is 0 Å². The van der Waals surface area contributed by atoms with Gasteiger partial charge in [0.1, 0.15) is 0 Å². The monoisotopic (exact) mass is 673 g/mol. The van der Waals surface area contributed by atoms with Crippen molar-refractivity contribution < 1.29 is 0 Å². The van der Waals surface area contributed by atoms with Crippen molar-refractivity contribution in [1.29, 1.82) is 0 Å². The summed E-state index contributed by atoms with van der Waals surface area (Å²) in [6.07, 6.45) is 0. The Morgan fingerprint density at radius 3 is 1.62 bits per heavy atom. The summed E-state index contributed by atoms with van der Waals surface area (Å²) >= 11 is 3.60. The summed E-state index contributed by atoms with van der Waals surface area (Å²) in [7, 11) is 0. The minimum atomic E-state index is 0.653. The fourth-order valence-electron chi connectivity index (χ4n) is 6.98. The molecule has 0 saturated carbocycles. The van der Waals surface area contributed by atoms with Crippen LogP contribution in [0.15, 0.2) is 164 Å². The van der Waals surface area contributed by atoms with Crippen molar-refractivity contribution in [3.8, 4) is 56.4 Å². The highest BCUT2D eigenvalue weighted by atomic mass is 32.1. The molecule has 0 unspecified atom stereocenters. The molecule has 5 heteroatoms. The first-order valence-electron chi connectivity index (χ1n) is 16.6. The maximum atomic E-state index is 5.27. The van der Waals surface area contributed by atoms with Crippen molar-refractivity contribution in [2.45, 2.75) is 0 Å². The minimum absolute atomic E-state index is 0.653. The second-order valence-electron chi connectivity index (χ2n) is 12.4. The molecule has 234 valence electrons. The van der Waals surface area contributed by atoms with Crippen LogP contribution in [0.5, 0.6) is 0 Å². The number of thiophene rings is 2. The van der Waals surface area contributed by atoms with Crippen molar-refractivity contribution in [2.24, 2.45) is 0 Å². The van der Waals surface area contributed by atoms with Crippen molar-refractivity contribution in [1.82, 2.24) is 15.0 Å². The lowest BCUT2D eigenvalue weighted by molar-refractivity contribution is 1.08. The van der Waals surface area contributed by atoms with E-state index in [0.29, 0.717) is 17.5 Å². The van der Waals surface area contributed by atoms with Crippen LogP contribution in [0.1, 0.15) is 0 Å². The Labute approximate surface area is 296 Å². The van der Waals surface area contributed by atoms with Crippen LogP contribution in [-0.4, -0.2) is 15.0 Å². The number of fused-ring (bicyclic) bond motifs is 6. The Balaban J connectivity index is 1.19. The Bertz CT molecular complexity index is 2890. The zero-order valence-corrected chi connectivity index (χ0v) is 28.4. The lowest BCUT2D eigenvalue weighted by Gasteiger charge is -2.11. The number of hydrogen-bond acceptors (Lipinski definition) is 5. The largest absolute Gasteiger partial charge is 0.208 e. The third-order valence-electron chi connectivity index (χ3n) is 9.35. The molecule has 3 heterocycles. The third-order valence-corrected chi connectivity index (χ3v) is 11.7. The highest BCUT2D eigenvalue weighted by Gasteiger charge is 2.19. The van der Waals surface area contributed by atoms with Gasteiger partial charge in [0.25, 0.3) is 0 Å². The van der Waals surface area contributed by atoms with Gasteiger partial charge < -0.3 is 0 Å². The summed E-state index contributed by atoms with van der Waals surface area (Å²) in [6, 6.07) is 57.9. The Hall–Kier alpha value is -6.01. The molecule has 0 amide bonds. The van der Waals surface area contributed by atoms with E-state index < -0.39 is 0 Å². The fraction of sp³-hybridized carbons (Fsp3) is 0. The average molecular weight is 674 g/mol. The molecule has 10 aromatic rings. The molecule has 0 aliphatic heterocycles. The summed E-state index contributed by atoms with van der Waals surface area (Å²) in [6.45, 7) is 0. The van der Waals surface area contributed by atoms with Gasteiger partial charge in [-0.1, -0.05) is 127 Å². The molecular formula is C45H27N3S2. The first-order chi connectivity index (χ1) is 24.8. The smallest absolute Gasteiger partial charge is 0.165 e. The van der Waals surface area contributed by atoms with Crippen molar-refractivity contribution in [3.05, 3.63) is 164 Å². The van der Waals surface area contributed by atoms with Crippen LogP contribution in [-0.2, 0) is 0 Å². The van der Waals surface area contributed by atoms with Gasteiger partial charge in [0.15, 0.2) is 17.5 Å². The second-order valence-corrected chi connectivity index (χ2v) is 14.5. The number of aromatic nitrogens is 3. The molecule has 0 aliphatic rings. The summed E-state index contributed by atoms with van der Waals surface area (Å²) in [5.41, 5.74) is 7.62. The zero-order chi connectivity index (χ0) is 33.0. The van der Waals surface area contributed by atoms with E-state index in [-0.39, 0.29) is 0 Å². The van der Waals surface area contributed by atoms with E-state index in [1.54, 1.807) is 22.7 Å². The summed E-state index contributed by atoms with van der Waals surface area (Å²) in [5.74, 6) is 2.00. The topological polar surface area (TPSA) is 38.7 Å². The van der Waals surface area contributed by atoms with Crippen LogP contribution >= 0.6 is 22.7 Å². The zero-order valence-electron chi connectivity index (χ0n) is 26.7. The molecule has 0 fully saturated rings. The SMILES string of the molecule is c1ccc(-c2cccc(-c3cccc(-c4nc(-c5cccc6c5sc5ccccc56)nc(-c5cccc6sc7ccccc7c56)n4)c3)c2)cc1. The number of hydrogen-bond donors (Lipinski definition) is 0. The summed E-state index contributed by atoms with van der Waals surface area (Å²) in [5, 5.41) is 4.88. The van der Waals surface area contributed by atoms with Crippen molar-refractivity contribution in [3.63, 3.8) is 0 Å². The lowest BCUT2D eigenvalue weighted by atomic mass is 9.98. The molecule has 7 aromatic carbocycles. The molecule has 0 aliphatic carbocycles. The van der Waals surface area contributed by atoms with E-state index in [1.807, 2.05) is 0 Å². The molecule has 10 rings (SSSR count). The molecule has 0 bridgehead atoms. The van der Waals surface area contributed by atoms with Crippen LogP contribution in [0.2, 0.25) is 0 Å². The highest BCUT2D eigenvalue weighted by molar-refractivity contribution is 7.26. The van der Waals surface area contributed by atoms with Crippen LogP contribution in [0.25, 0.3) is 96.8 Å². The van der Waals surface area contributed by atoms with Crippen LogP contribution in [0.3, 0.4) is 0 Å². The lowest BCUT2D eigenvalue weighted by Crippen LogP contribution is -2.00. The van der Waals surface area contributed by atoms with E-state index in [9.17, 15) is 0 Å². The molecule has 50 heavy (non-hydrogen) atoms. The van der Waals surface area contributed by atoms with E-state index in [0.717, 1.165) is 27.8 Å². The van der Waals surface area contributed by atoms with Gasteiger partial charge in [0.05, 0.1) is 0 Å². The maximum absolute atomic E-state index is 5.27. The highest BCUT2D eigenvalue weighted by Crippen LogP contribution is 2.42. The van der Waals surface area contributed by atoms with Crippen LogP contribution in [0.4, 0.5) is 0 Å². The van der Waals surface area contributed by atoms with Crippen molar-refractivity contribution in [2.75, 3.05) is 0 Å². The Kier molecular flexibility index (Phi) is 6.86. The van der Waals surface area contributed by atoms with E-state index in [2.05, 4.69) is 164 Å². The third kappa shape index (κ3) is 4.90. The summed E-state index contributed by atoms with van der Waals surface area (Å²) < 4.78 is 4.91. The number of nitrogens with zero attached hydrogens (tertiary/aromatic N) is 3. The molecule has 0 spiro atoms. The first-order valence-corrected chi connectivity index (χ1v) is 18.2. The van der Waals surface area contributed by atoms with Gasteiger partial charge in [-0.15, -0.1) is 22.7 Å². The van der Waals surface area contributed by atoms with Gasteiger partial charge in [-0.25, -0.2) is 15.0 Å². The first kappa shape index (κ1) is 29.0. The Morgan fingerprint density at radius 2 is 0.820 bits per heavy atom. The predicted octanol–water partition coefficient (Wildman–Crippen LogP) is 12.9. The van der Waals surface area contributed by atoms with Crippen LogP contribution in [0, 0.1) is 0 Å². The van der Waals surface area contributed by atoms with E-state index in [4.69, 9.17) is 15.0 Å². The number of rotatable bonds is 5. The molecule has 0 atom stereocenters. The van der Waals surface area contributed by atoms with Gasteiger partial charge in [0.2, 0.25) is 0 Å². The molecular weight excluding hydrogens is 647 g/mol. The van der Waals surface area contributed by atoms with Gasteiger partial charge in [-0.3, -0.25) is 0 Å².